The summed E-state index contributed by atoms with van der Waals surface area (Å²) in [6, 6.07) is 26.7. The number of carbonyl (C=O) groups excluding carboxylic acids is 1. The van der Waals surface area contributed by atoms with Gasteiger partial charge in [-0.3, -0.25) is 4.79 Å². The highest BCUT2D eigenvalue weighted by atomic mass is 16.1. The molecule has 1 aliphatic rings. The van der Waals surface area contributed by atoms with Crippen LogP contribution in [0.2, 0.25) is 0 Å². The number of amides is 1. The minimum Gasteiger partial charge on any atom is -0.349 e. The number of carbonyl (C=O) groups is 1. The molecule has 0 radical (unpaired) electrons. The number of hydrogen-bond acceptors (Lipinski definition) is 1. The van der Waals surface area contributed by atoms with Gasteiger partial charge in [-0.2, -0.15) is 0 Å². The maximum Gasteiger partial charge on any atom is 0.232 e. The highest BCUT2D eigenvalue weighted by Gasteiger charge is 2.24. The van der Waals surface area contributed by atoms with E-state index < -0.39 is 0 Å². The van der Waals surface area contributed by atoms with Gasteiger partial charge >= 0.3 is 0 Å². The number of fused-ring (bicyclic) bond motifs is 1. The van der Waals surface area contributed by atoms with Gasteiger partial charge in [0, 0.05) is 0 Å². The Labute approximate surface area is 167 Å². The monoisotopic (exact) mass is 369 g/mol. The lowest BCUT2D eigenvalue weighted by Crippen LogP contribution is -2.32. The van der Waals surface area contributed by atoms with Crippen LogP contribution in [-0.2, 0) is 17.6 Å². The van der Waals surface area contributed by atoms with Crippen LogP contribution in [0.4, 0.5) is 0 Å². The predicted molar refractivity (Wildman–Crippen MR) is 114 cm³/mol. The summed E-state index contributed by atoms with van der Waals surface area (Å²) >= 11 is 0. The van der Waals surface area contributed by atoms with E-state index in [2.05, 4.69) is 30.4 Å². The summed E-state index contributed by atoms with van der Waals surface area (Å²) < 4.78 is 0. The van der Waals surface area contributed by atoms with Gasteiger partial charge in [0.15, 0.2) is 0 Å². The molecule has 2 nitrogen and oxygen atoms in total. The van der Waals surface area contributed by atoms with E-state index in [9.17, 15) is 4.79 Å². The molecule has 1 amide bonds. The minimum atomic E-state index is -0.303. The van der Waals surface area contributed by atoms with Crippen LogP contribution in [0.3, 0.4) is 0 Å². The van der Waals surface area contributed by atoms with E-state index in [1.165, 1.54) is 36.0 Å². The smallest absolute Gasteiger partial charge is 0.232 e. The molecule has 0 heterocycles. The van der Waals surface area contributed by atoms with Crippen LogP contribution in [0.5, 0.6) is 0 Å². The van der Waals surface area contributed by atoms with Crippen LogP contribution < -0.4 is 5.32 Å². The van der Waals surface area contributed by atoms with Crippen LogP contribution in [0, 0.1) is 0 Å². The summed E-state index contributed by atoms with van der Waals surface area (Å²) in [6.07, 6.45) is 4.89. The topological polar surface area (TPSA) is 29.1 Å². The van der Waals surface area contributed by atoms with Crippen molar-refractivity contribution in [1.29, 1.82) is 0 Å². The first kappa shape index (κ1) is 18.5. The molecule has 1 atom stereocenters. The Morgan fingerprint density at radius 3 is 1.93 bits per heavy atom. The largest absolute Gasteiger partial charge is 0.349 e. The molecule has 3 aromatic rings. The Morgan fingerprint density at radius 2 is 1.32 bits per heavy atom. The second-order valence-electron chi connectivity index (χ2n) is 7.72. The number of benzene rings is 3. The second-order valence-corrected chi connectivity index (χ2v) is 7.72. The van der Waals surface area contributed by atoms with Crippen molar-refractivity contribution in [2.45, 2.75) is 44.6 Å². The van der Waals surface area contributed by atoms with Gasteiger partial charge in [0.25, 0.3) is 0 Å². The van der Waals surface area contributed by atoms with Crippen LogP contribution >= 0.6 is 0 Å². The zero-order valence-corrected chi connectivity index (χ0v) is 16.4. The van der Waals surface area contributed by atoms with Gasteiger partial charge in [0.05, 0.1) is 12.0 Å². The van der Waals surface area contributed by atoms with Crippen molar-refractivity contribution < 1.29 is 4.79 Å². The van der Waals surface area contributed by atoms with E-state index in [0.717, 1.165) is 17.5 Å². The average Bonchev–Trinajstić information content (AvgIpc) is 2.75. The summed E-state index contributed by atoms with van der Waals surface area (Å²) in [4.78, 5) is 13.3. The summed E-state index contributed by atoms with van der Waals surface area (Å²) in [5.74, 6) is -0.259. The Hall–Kier alpha value is -2.87. The fourth-order valence-corrected chi connectivity index (χ4v) is 4.19. The van der Waals surface area contributed by atoms with E-state index in [1.54, 1.807) is 0 Å². The third-order valence-corrected chi connectivity index (χ3v) is 5.76. The molecular weight excluding hydrogens is 342 g/mol. The lowest BCUT2D eigenvalue weighted by Gasteiger charge is -2.23. The third-order valence-electron chi connectivity index (χ3n) is 5.76. The minimum absolute atomic E-state index is 0.0188. The molecule has 1 unspecified atom stereocenters. The Balaban J connectivity index is 1.57. The molecule has 2 heteroatoms. The average molecular weight is 370 g/mol. The van der Waals surface area contributed by atoms with Crippen molar-refractivity contribution in [3.63, 3.8) is 0 Å². The van der Waals surface area contributed by atoms with E-state index >= 15 is 0 Å². The Bertz CT molecular complexity index is 894. The summed E-state index contributed by atoms with van der Waals surface area (Å²) in [6.45, 7) is 2.08. The standard InChI is InChI=1S/C26H27NO/c1-19(23-17-16-20-10-8-9-15-24(20)18-23)27-26(28)25(21-11-4-2-5-12-21)22-13-6-3-7-14-22/h2-7,11-14,16-19,25H,8-10,15H2,1H3,(H,27,28). The summed E-state index contributed by atoms with van der Waals surface area (Å²) in [5, 5.41) is 3.26. The molecule has 0 saturated heterocycles. The molecule has 4 rings (SSSR count). The third kappa shape index (κ3) is 4.01. The molecule has 0 bridgehead atoms. The molecule has 28 heavy (non-hydrogen) atoms. The predicted octanol–water partition coefficient (Wildman–Crippen LogP) is 5.57. The molecule has 0 spiro atoms. The van der Waals surface area contributed by atoms with Gasteiger partial charge in [-0.25, -0.2) is 0 Å². The highest BCUT2D eigenvalue weighted by Crippen LogP contribution is 2.28. The number of aryl methyl sites for hydroxylation is 2. The van der Waals surface area contributed by atoms with Gasteiger partial charge < -0.3 is 5.32 Å². The van der Waals surface area contributed by atoms with Crippen LogP contribution in [-0.4, -0.2) is 5.91 Å². The molecule has 0 aliphatic heterocycles. The van der Waals surface area contributed by atoms with Crippen molar-refractivity contribution in [1.82, 2.24) is 5.32 Å². The van der Waals surface area contributed by atoms with Crippen LogP contribution in [0.25, 0.3) is 0 Å². The van der Waals surface area contributed by atoms with Gasteiger partial charge in [-0.05, 0) is 60.4 Å². The fraction of sp³-hybridized carbons (Fsp3) is 0.269. The van der Waals surface area contributed by atoms with Crippen molar-refractivity contribution in [3.8, 4) is 0 Å². The summed E-state index contributed by atoms with van der Waals surface area (Å²) in [5.41, 5.74) is 6.15. The normalized spacial score (nSPS) is 14.4. The van der Waals surface area contributed by atoms with Crippen molar-refractivity contribution in [3.05, 3.63) is 107 Å². The lowest BCUT2D eigenvalue weighted by molar-refractivity contribution is -0.122. The lowest BCUT2D eigenvalue weighted by atomic mass is 9.88. The molecule has 1 aliphatic carbocycles. The first-order chi connectivity index (χ1) is 13.7. The summed E-state index contributed by atoms with van der Waals surface area (Å²) in [7, 11) is 0. The maximum absolute atomic E-state index is 13.3. The molecule has 1 N–H and O–H groups in total. The van der Waals surface area contributed by atoms with Crippen molar-refractivity contribution in [2.75, 3.05) is 0 Å². The molecular formula is C26H27NO. The molecule has 3 aromatic carbocycles. The molecule has 0 fully saturated rings. The van der Waals surface area contributed by atoms with Crippen LogP contribution in [0.15, 0.2) is 78.9 Å². The van der Waals surface area contributed by atoms with Crippen molar-refractivity contribution >= 4 is 5.91 Å². The molecule has 0 saturated carbocycles. The van der Waals surface area contributed by atoms with Crippen LogP contribution in [0.1, 0.15) is 59.5 Å². The SMILES string of the molecule is CC(NC(=O)C(c1ccccc1)c1ccccc1)c1ccc2c(c1)CCCC2. The van der Waals surface area contributed by atoms with E-state index in [4.69, 9.17) is 0 Å². The van der Waals surface area contributed by atoms with Crippen molar-refractivity contribution in [2.24, 2.45) is 0 Å². The first-order valence-electron chi connectivity index (χ1n) is 10.2. The number of hydrogen-bond donors (Lipinski definition) is 1. The van der Waals surface area contributed by atoms with Gasteiger partial charge in [0.1, 0.15) is 0 Å². The zero-order chi connectivity index (χ0) is 19.3. The van der Waals surface area contributed by atoms with Gasteiger partial charge in [-0.15, -0.1) is 0 Å². The van der Waals surface area contributed by atoms with E-state index in [1.807, 2.05) is 60.7 Å². The zero-order valence-electron chi connectivity index (χ0n) is 16.4. The first-order valence-corrected chi connectivity index (χ1v) is 10.2. The highest BCUT2D eigenvalue weighted by molar-refractivity contribution is 5.87. The van der Waals surface area contributed by atoms with Gasteiger partial charge in [0.2, 0.25) is 5.91 Å². The second kappa shape index (κ2) is 8.43. The maximum atomic E-state index is 13.3. The molecule has 0 aromatic heterocycles. The van der Waals surface area contributed by atoms with Gasteiger partial charge in [-0.1, -0.05) is 78.9 Å². The fourth-order valence-electron chi connectivity index (χ4n) is 4.19. The Morgan fingerprint density at radius 1 is 0.750 bits per heavy atom. The van der Waals surface area contributed by atoms with E-state index in [0.29, 0.717) is 0 Å². The van der Waals surface area contributed by atoms with E-state index in [-0.39, 0.29) is 17.9 Å². The Kier molecular flexibility index (Phi) is 5.57. The quantitative estimate of drug-likeness (QED) is 0.625. The molecule has 142 valence electrons. The number of nitrogens with one attached hydrogen (secondary N) is 1. The number of rotatable bonds is 5.